The van der Waals surface area contributed by atoms with E-state index in [0.29, 0.717) is 5.25 Å². The third-order valence-electron chi connectivity index (χ3n) is 2.24. The van der Waals surface area contributed by atoms with Crippen LogP contribution in [0.5, 0.6) is 0 Å². The molecule has 0 bridgehead atoms. The minimum Gasteiger partial charge on any atom is -0.343 e. The van der Waals surface area contributed by atoms with Crippen molar-refractivity contribution in [2.45, 2.75) is 12.2 Å². The molecule has 0 aliphatic heterocycles. The van der Waals surface area contributed by atoms with Gasteiger partial charge in [0.05, 0.1) is 0 Å². The number of nitrogens with zero attached hydrogens (tertiary/aromatic N) is 1. The summed E-state index contributed by atoms with van der Waals surface area (Å²) in [6.45, 7) is 2.15. The topological polar surface area (TPSA) is 28.7 Å². The van der Waals surface area contributed by atoms with E-state index in [9.17, 15) is 0 Å². The minimum atomic E-state index is 0.346. The molecule has 1 N–H and O–H groups in total. The zero-order chi connectivity index (χ0) is 11.4. The van der Waals surface area contributed by atoms with E-state index >= 15 is 0 Å². The average Bonchev–Trinajstić information content (AvgIpc) is 2.83. The van der Waals surface area contributed by atoms with Crippen molar-refractivity contribution in [2.24, 2.45) is 0 Å². The molecule has 0 radical (unpaired) electrons. The van der Waals surface area contributed by atoms with Gasteiger partial charge in [-0.3, -0.25) is 0 Å². The molecule has 0 saturated carbocycles. The van der Waals surface area contributed by atoms with Gasteiger partial charge in [0.1, 0.15) is 4.20 Å². The molecule has 0 amide bonds. The zero-order valence-electron chi connectivity index (χ0n) is 8.88. The molecule has 82 valence electrons. The van der Waals surface area contributed by atoms with Gasteiger partial charge in [0.25, 0.3) is 0 Å². The lowest BCUT2D eigenvalue weighted by Crippen LogP contribution is -1.98. The highest BCUT2D eigenvalue weighted by Gasteiger charge is 2.11. The van der Waals surface area contributed by atoms with Crippen molar-refractivity contribution in [1.82, 2.24) is 9.97 Å². The summed E-state index contributed by atoms with van der Waals surface area (Å²) in [4.78, 5) is 7.17. The largest absolute Gasteiger partial charge is 0.343 e. The van der Waals surface area contributed by atoms with Crippen molar-refractivity contribution in [3.05, 3.63) is 54.1 Å². The lowest BCUT2D eigenvalue weighted by Gasteiger charge is -2.10. The first kappa shape index (κ1) is 11.4. The van der Waals surface area contributed by atoms with Crippen LogP contribution in [0.15, 0.2) is 42.7 Å². The Kier molecular flexibility index (Phi) is 3.74. The van der Waals surface area contributed by atoms with Crippen molar-refractivity contribution in [3.63, 3.8) is 0 Å². The SMILES string of the molecule is CC(SC(=S)c1ncc[nH]1)c1ccccc1. The molecule has 16 heavy (non-hydrogen) atoms. The number of H-pyrrole nitrogens is 1. The maximum atomic E-state index is 5.32. The number of nitrogens with one attached hydrogen (secondary N) is 1. The molecule has 0 spiro atoms. The first-order valence-corrected chi connectivity index (χ1v) is 6.31. The van der Waals surface area contributed by atoms with E-state index in [1.165, 1.54) is 5.56 Å². The second-order valence-corrected chi connectivity index (χ2v) is 5.41. The van der Waals surface area contributed by atoms with Crippen molar-refractivity contribution < 1.29 is 0 Å². The number of rotatable bonds is 3. The number of aromatic amines is 1. The predicted octanol–water partition coefficient (Wildman–Crippen LogP) is 3.58. The van der Waals surface area contributed by atoms with Crippen molar-refractivity contribution >= 4 is 28.2 Å². The molecule has 0 aliphatic carbocycles. The Labute approximate surface area is 104 Å². The number of aromatic nitrogens is 2. The van der Waals surface area contributed by atoms with Gasteiger partial charge in [-0.05, 0) is 12.5 Å². The molecule has 0 aliphatic rings. The van der Waals surface area contributed by atoms with Gasteiger partial charge >= 0.3 is 0 Å². The van der Waals surface area contributed by atoms with Crippen LogP contribution in [-0.4, -0.2) is 14.2 Å². The highest BCUT2D eigenvalue weighted by molar-refractivity contribution is 8.23. The zero-order valence-corrected chi connectivity index (χ0v) is 10.5. The fourth-order valence-electron chi connectivity index (χ4n) is 1.39. The molecule has 2 aromatic rings. The fourth-order valence-corrected chi connectivity index (χ4v) is 2.77. The van der Waals surface area contributed by atoms with E-state index in [4.69, 9.17) is 12.2 Å². The molecular formula is C12H12N2S2. The standard InChI is InChI=1S/C12H12N2S2/c1-9(10-5-3-2-4-6-10)16-12(15)11-13-7-8-14-11/h2-9H,1H3,(H,13,14). The summed E-state index contributed by atoms with van der Waals surface area (Å²) in [6.07, 6.45) is 3.50. The number of hydrogen-bond acceptors (Lipinski definition) is 3. The lowest BCUT2D eigenvalue weighted by atomic mass is 10.2. The number of hydrogen-bond donors (Lipinski definition) is 1. The maximum Gasteiger partial charge on any atom is 0.154 e. The molecular weight excluding hydrogens is 236 g/mol. The second-order valence-electron chi connectivity index (χ2n) is 3.40. The van der Waals surface area contributed by atoms with Crippen LogP contribution in [-0.2, 0) is 0 Å². The van der Waals surface area contributed by atoms with Gasteiger partial charge in [-0.25, -0.2) is 4.98 Å². The third-order valence-corrected chi connectivity index (χ3v) is 3.76. The Morgan fingerprint density at radius 3 is 2.75 bits per heavy atom. The Morgan fingerprint density at radius 1 is 1.38 bits per heavy atom. The first-order valence-electron chi connectivity index (χ1n) is 5.02. The Morgan fingerprint density at radius 2 is 2.12 bits per heavy atom. The third kappa shape index (κ3) is 2.71. The van der Waals surface area contributed by atoms with Crippen LogP contribution in [0.4, 0.5) is 0 Å². The molecule has 1 aromatic heterocycles. The van der Waals surface area contributed by atoms with Crippen LogP contribution in [0.2, 0.25) is 0 Å². The highest BCUT2D eigenvalue weighted by atomic mass is 32.2. The lowest BCUT2D eigenvalue weighted by molar-refractivity contribution is 1.11. The van der Waals surface area contributed by atoms with E-state index in [-0.39, 0.29) is 0 Å². The molecule has 2 rings (SSSR count). The highest BCUT2D eigenvalue weighted by Crippen LogP contribution is 2.30. The van der Waals surface area contributed by atoms with Crippen LogP contribution >= 0.6 is 24.0 Å². The van der Waals surface area contributed by atoms with Crippen molar-refractivity contribution in [1.29, 1.82) is 0 Å². The molecule has 4 heteroatoms. The van der Waals surface area contributed by atoms with Gasteiger partial charge in [0.2, 0.25) is 0 Å². The molecule has 0 fully saturated rings. The fraction of sp³-hybridized carbons (Fsp3) is 0.167. The van der Waals surface area contributed by atoms with Gasteiger partial charge in [-0.2, -0.15) is 0 Å². The Bertz CT molecular complexity index is 451. The number of benzene rings is 1. The molecule has 0 saturated heterocycles. The van der Waals surface area contributed by atoms with Crippen molar-refractivity contribution in [3.8, 4) is 0 Å². The molecule has 2 nitrogen and oxygen atoms in total. The molecule has 1 unspecified atom stereocenters. The monoisotopic (exact) mass is 248 g/mol. The molecule has 1 heterocycles. The second kappa shape index (κ2) is 5.27. The summed E-state index contributed by atoms with van der Waals surface area (Å²) in [6, 6.07) is 10.3. The Balaban J connectivity index is 2.03. The number of imidazole rings is 1. The van der Waals surface area contributed by atoms with Crippen molar-refractivity contribution in [2.75, 3.05) is 0 Å². The van der Waals surface area contributed by atoms with Gasteiger partial charge in [-0.15, -0.1) is 11.8 Å². The summed E-state index contributed by atoms with van der Waals surface area (Å²) < 4.78 is 0.807. The van der Waals surface area contributed by atoms with Gasteiger partial charge in [0, 0.05) is 17.6 Å². The van der Waals surface area contributed by atoms with Gasteiger partial charge in [0.15, 0.2) is 5.82 Å². The van der Waals surface area contributed by atoms with Crippen LogP contribution in [0, 0.1) is 0 Å². The summed E-state index contributed by atoms with van der Waals surface area (Å²) in [7, 11) is 0. The first-order chi connectivity index (χ1) is 7.77. The number of thiocarbonyl (C=S) groups is 1. The van der Waals surface area contributed by atoms with Crippen LogP contribution in [0.1, 0.15) is 23.6 Å². The van der Waals surface area contributed by atoms with Crippen LogP contribution < -0.4 is 0 Å². The Hall–Kier alpha value is -1.13. The van der Waals surface area contributed by atoms with E-state index in [2.05, 4.69) is 29.0 Å². The van der Waals surface area contributed by atoms with E-state index in [0.717, 1.165) is 10.0 Å². The normalized spacial score (nSPS) is 12.3. The summed E-state index contributed by atoms with van der Waals surface area (Å²) in [5, 5.41) is 0.346. The molecule has 1 atom stereocenters. The number of thioether (sulfide) groups is 1. The van der Waals surface area contributed by atoms with E-state index < -0.39 is 0 Å². The quantitative estimate of drug-likeness (QED) is 0.842. The smallest absolute Gasteiger partial charge is 0.154 e. The van der Waals surface area contributed by atoms with Gasteiger partial charge in [-0.1, -0.05) is 42.5 Å². The summed E-state index contributed by atoms with van der Waals surface area (Å²) >= 11 is 6.97. The van der Waals surface area contributed by atoms with Crippen LogP contribution in [0.25, 0.3) is 0 Å². The minimum absolute atomic E-state index is 0.346. The van der Waals surface area contributed by atoms with E-state index in [1.807, 2.05) is 18.2 Å². The summed E-state index contributed by atoms with van der Waals surface area (Å²) in [5.74, 6) is 0.780. The van der Waals surface area contributed by atoms with Crippen LogP contribution in [0.3, 0.4) is 0 Å². The average molecular weight is 248 g/mol. The maximum absolute atomic E-state index is 5.32. The molecule has 1 aromatic carbocycles. The van der Waals surface area contributed by atoms with Gasteiger partial charge < -0.3 is 4.98 Å². The van der Waals surface area contributed by atoms with E-state index in [1.54, 1.807) is 24.2 Å². The predicted molar refractivity (Wildman–Crippen MR) is 72.7 cm³/mol. The summed E-state index contributed by atoms with van der Waals surface area (Å²) in [5.41, 5.74) is 1.28.